The van der Waals surface area contributed by atoms with Crippen LogP contribution < -0.4 is 0 Å². The third-order valence-electron chi connectivity index (χ3n) is 2.79. The highest BCUT2D eigenvalue weighted by Gasteiger charge is 2.52. The molecule has 0 aliphatic carbocycles. The SMILES string of the molecule is CCO[Si](OCC)(OCC)C(CC)N(CC)C(=O)O. The zero-order chi connectivity index (χ0) is 14.9. The molecule has 0 radical (unpaired) electrons. The summed E-state index contributed by atoms with van der Waals surface area (Å²) >= 11 is 0. The average molecular weight is 293 g/mol. The van der Waals surface area contributed by atoms with Gasteiger partial charge in [-0.15, -0.1) is 0 Å². The van der Waals surface area contributed by atoms with Crippen LogP contribution in [0.3, 0.4) is 0 Å². The topological polar surface area (TPSA) is 68.2 Å². The maximum Gasteiger partial charge on any atom is 0.524 e. The third-order valence-corrected chi connectivity index (χ3v) is 6.40. The molecule has 0 heterocycles. The van der Waals surface area contributed by atoms with Gasteiger partial charge in [-0.25, -0.2) is 4.79 Å². The minimum atomic E-state index is -3.03. The molecule has 7 heteroatoms. The molecule has 0 spiro atoms. The van der Waals surface area contributed by atoms with Gasteiger partial charge >= 0.3 is 14.9 Å². The number of rotatable bonds is 10. The number of carbonyl (C=O) groups is 1. The molecule has 0 aromatic carbocycles. The molecule has 0 rings (SSSR count). The average Bonchev–Trinajstić information content (AvgIpc) is 2.35. The van der Waals surface area contributed by atoms with Crippen LogP contribution in [0.2, 0.25) is 0 Å². The second kappa shape index (κ2) is 9.30. The summed E-state index contributed by atoms with van der Waals surface area (Å²) in [6.45, 7) is 11.0. The first-order chi connectivity index (χ1) is 9.02. The van der Waals surface area contributed by atoms with E-state index in [0.717, 1.165) is 0 Å². The number of hydrogen-bond donors (Lipinski definition) is 1. The van der Waals surface area contributed by atoms with Crippen LogP contribution in [-0.2, 0) is 13.3 Å². The molecule has 0 saturated heterocycles. The molecule has 1 amide bonds. The summed E-state index contributed by atoms with van der Waals surface area (Å²) in [5.41, 5.74) is -0.366. The van der Waals surface area contributed by atoms with E-state index < -0.39 is 14.9 Å². The Morgan fingerprint density at radius 1 is 1.05 bits per heavy atom. The summed E-state index contributed by atoms with van der Waals surface area (Å²) in [7, 11) is -3.03. The maximum absolute atomic E-state index is 11.4. The summed E-state index contributed by atoms with van der Waals surface area (Å²) in [5.74, 6) is 0. The van der Waals surface area contributed by atoms with E-state index in [2.05, 4.69) is 0 Å². The first kappa shape index (κ1) is 18.4. The van der Waals surface area contributed by atoms with Crippen molar-refractivity contribution in [1.82, 2.24) is 4.90 Å². The number of amides is 1. The monoisotopic (exact) mass is 293 g/mol. The van der Waals surface area contributed by atoms with Gasteiger partial charge in [0.1, 0.15) is 5.67 Å². The Hall–Kier alpha value is -0.633. The van der Waals surface area contributed by atoms with Crippen LogP contribution in [0.4, 0.5) is 4.79 Å². The molecule has 0 aliphatic heterocycles. The molecule has 19 heavy (non-hydrogen) atoms. The molecule has 0 aromatic rings. The van der Waals surface area contributed by atoms with Crippen molar-refractivity contribution >= 4 is 14.9 Å². The van der Waals surface area contributed by atoms with E-state index in [4.69, 9.17) is 13.3 Å². The van der Waals surface area contributed by atoms with Gasteiger partial charge in [0.25, 0.3) is 0 Å². The third kappa shape index (κ3) is 4.76. The van der Waals surface area contributed by atoms with Gasteiger partial charge in [-0.05, 0) is 34.1 Å². The molecule has 1 N–H and O–H groups in total. The van der Waals surface area contributed by atoms with Crippen molar-refractivity contribution in [1.29, 1.82) is 0 Å². The number of carboxylic acid groups (broad SMARTS) is 1. The van der Waals surface area contributed by atoms with E-state index in [9.17, 15) is 9.90 Å². The van der Waals surface area contributed by atoms with Crippen LogP contribution in [-0.4, -0.2) is 56.9 Å². The number of nitrogens with zero attached hydrogens (tertiary/aromatic N) is 1. The number of hydrogen-bond acceptors (Lipinski definition) is 4. The maximum atomic E-state index is 11.4. The largest absolute Gasteiger partial charge is 0.524 e. The van der Waals surface area contributed by atoms with Gasteiger partial charge in [-0.2, -0.15) is 0 Å². The molecular weight excluding hydrogens is 266 g/mol. The molecule has 0 aromatic heterocycles. The summed E-state index contributed by atoms with van der Waals surface area (Å²) in [6, 6.07) is 0. The molecule has 1 unspecified atom stereocenters. The van der Waals surface area contributed by atoms with Crippen LogP contribution >= 0.6 is 0 Å². The molecule has 0 aliphatic rings. The van der Waals surface area contributed by atoms with Crippen LogP contribution in [0.5, 0.6) is 0 Å². The minimum Gasteiger partial charge on any atom is -0.465 e. The Morgan fingerprint density at radius 3 is 1.68 bits per heavy atom. The van der Waals surface area contributed by atoms with Crippen LogP contribution in [0.15, 0.2) is 0 Å². The fourth-order valence-corrected chi connectivity index (χ4v) is 5.38. The zero-order valence-electron chi connectivity index (χ0n) is 12.6. The normalized spacial score (nSPS) is 13.3. The Kier molecular flexibility index (Phi) is 8.99. The summed E-state index contributed by atoms with van der Waals surface area (Å²) in [5, 5.41) is 9.32. The fourth-order valence-electron chi connectivity index (χ4n) is 2.17. The van der Waals surface area contributed by atoms with Gasteiger partial charge in [-0.1, -0.05) is 6.92 Å². The van der Waals surface area contributed by atoms with Crippen molar-refractivity contribution in [2.24, 2.45) is 0 Å². The molecular formula is C12H27NO5Si. The van der Waals surface area contributed by atoms with Gasteiger partial charge in [0.2, 0.25) is 0 Å². The highest BCUT2D eigenvalue weighted by Crippen LogP contribution is 2.23. The van der Waals surface area contributed by atoms with E-state index in [0.29, 0.717) is 32.8 Å². The lowest BCUT2D eigenvalue weighted by Gasteiger charge is -2.39. The Balaban J connectivity index is 5.39. The highest BCUT2D eigenvalue weighted by molar-refractivity contribution is 6.62. The van der Waals surface area contributed by atoms with Crippen molar-refractivity contribution in [2.75, 3.05) is 26.4 Å². The molecule has 1 atom stereocenters. The Morgan fingerprint density at radius 2 is 1.47 bits per heavy atom. The van der Waals surface area contributed by atoms with E-state index in [1.807, 2.05) is 27.7 Å². The van der Waals surface area contributed by atoms with E-state index in [1.54, 1.807) is 6.92 Å². The fraction of sp³-hybridized carbons (Fsp3) is 0.917. The lowest BCUT2D eigenvalue weighted by Crippen LogP contribution is -2.63. The molecule has 0 bridgehead atoms. The standard InChI is InChI=1S/C12H27NO5Si/c1-6-11(13(7-2)12(14)15)19(16-8-3,17-9-4)18-10-5/h11H,6-10H2,1-5H3,(H,14,15). The van der Waals surface area contributed by atoms with Gasteiger partial charge in [0.15, 0.2) is 0 Å². The highest BCUT2D eigenvalue weighted by atomic mass is 28.4. The van der Waals surface area contributed by atoms with Crippen molar-refractivity contribution in [3.8, 4) is 0 Å². The summed E-state index contributed by atoms with van der Waals surface area (Å²) in [4.78, 5) is 12.7. The van der Waals surface area contributed by atoms with Crippen LogP contribution in [0.1, 0.15) is 41.0 Å². The Bertz CT molecular complexity index is 247. The molecule has 6 nitrogen and oxygen atoms in total. The van der Waals surface area contributed by atoms with Crippen molar-refractivity contribution in [3.05, 3.63) is 0 Å². The molecule has 0 saturated carbocycles. The van der Waals surface area contributed by atoms with Gasteiger partial charge < -0.3 is 23.3 Å². The van der Waals surface area contributed by atoms with E-state index in [-0.39, 0.29) is 5.67 Å². The summed E-state index contributed by atoms with van der Waals surface area (Å²) in [6.07, 6.45) is -0.364. The zero-order valence-corrected chi connectivity index (χ0v) is 13.6. The predicted molar refractivity (Wildman–Crippen MR) is 75.1 cm³/mol. The second-order valence-corrected chi connectivity index (χ2v) is 6.63. The van der Waals surface area contributed by atoms with Gasteiger partial charge in [0.05, 0.1) is 0 Å². The quantitative estimate of drug-likeness (QED) is 0.626. The van der Waals surface area contributed by atoms with Crippen molar-refractivity contribution in [2.45, 2.75) is 46.7 Å². The molecule has 114 valence electrons. The smallest absolute Gasteiger partial charge is 0.465 e. The first-order valence-corrected chi connectivity index (χ1v) is 8.74. The van der Waals surface area contributed by atoms with E-state index in [1.165, 1.54) is 4.90 Å². The van der Waals surface area contributed by atoms with Gasteiger partial charge in [-0.3, -0.25) is 0 Å². The summed E-state index contributed by atoms with van der Waals surface area (Å²) < 4.78 is 17.4. The lowest BCUT2D eigenvalue weighted by molar-refractivity contribution is 0.0350. The second-order valence-electron chi connectivity index (χ2n) is 3.90. The molecule has 0 fully saturated rings. The first-order valence-electron chi connectivity index (χ1n) is 6.94. The lowest BCUT2D eigenvalue weighted by atomic mass is 10.4. The van der Waals surface area contributed by atoms with E-state index >= 15 is 0 Å². The van der Waals surface area contributed by atoms with Crippen molar-refractivity contribution in [3.63, 3.8) is 0 Å². The Labute approximate surface area is 117 Å². The van der Waals surface area contributed by atoms with Crippen molar-refractivity contribution < 1.29 is 23.2 Å². The van der Waals surface area contributed by atoms with Crippen LogP contribution in [0, 0.1) is 0 Å². The van der Waals surface area contributed by atoms with Gasteiger partial charge in [0, 0.05) is 26.4 Å². The minimum absolute atomic E-state index is 0.366. The predicted octanol–water partition coefficient (Wildman–Crippen LogP) is 2.35. The van der Waals surface area contributed by atoms with Crippen LogP contribution in [0.25, 0.3) is 0 Å².